The number of phenols is 1. The zero-order valence-corrected chi connectivity index (χ0v) is 11.9. The average Bonchev–Trinajstić information content (AvgIpc) is 2.53. The Labute approximate surface area is 127 Å². The number of ether oxygens (including phenoxy) is 2. The van der Waals surface area contributed by atoms with Gasteiger partial charge in [-0.2, -0.15) is 0 Å². The van der Waals surface area contributed by atoms with Crippen LogP contribution in [0.2, 0.25) is 0 Å². The van der Waals surface area contributed by atoms with Crippen LogP contribution in [0.25, 0.3) is 0 Å². The van der Waals surface area contributed by atoms with Crippen LogP contribution >= 0.6 is 0 Å². The maximum absolute atomic E-state index is 12.2. The highest BCUT2D eigenvalue weighted by Crippen LogP contribution is 2.37. The van der Waals surface area contributed by atoms with E-state index in [1.165, 1.54) is 19.2 Å². The number of hydrogen-bond donors (Lipinski definition) is 1. The van der Waals surface area contributed by atoms with Crippen molar-refractivity contribution >= 4 is 12.1 Å². The van der Waals surface area contributed by atoms with E-state index in [9.17, 15) is 14.7 Å². The molecule has 1 aliphatic rings. The Balaban J connectivity index is 1.97. The maximum Gasteiger partial charge on any atom is 0.170 e. The van der Waals surface area contributed by atoms with Gasteiger partial charge in [-0.3, -0.25) is 9.59 Å². The number of ketones is 1. The quantitative estimate of drug-likeness (QED) is 0.882. The van der Waals surface area contributed by atoms with E-state index in [2.05, 4.69) is 0 Å². The molecule has 22 heavy (non-hydrogen) atoms. The highest BCUT2D eigenvalue weighted by molar-refractivity contribution is 6.00. The second kappa shape index (κ2) is 5.52. The number of carbonyl (C=O) groups is 2. The molecule has 0 spiro atoms. The third kappa shape index (κ3) is 2.41. The molecule has 0 saturated carbocycles. The van der Waals surface area contributed by atoms with E-state index in [1.807, 2.05) is 0 Å². The number of hydrogen-bond acceptors (Lipinski definition) is 5. The number of phenolic OH excluding ortho intramolecular Hbond substituents is 1. The van der Waals surface area contributed by atoms with E-state index in [-0.39, 0.29) is 18.0 Å². The molecular weight excluding hydrogens is 284 g/mol. The summed E-state index contributed by atoms with van der Waals surface area (Å²) in [7, 11) is 1.49. The fourth-order valence-electron chi connectivity index (χ4n) is 2.54. The summed E-state index contributed by atoms with van der Waals surface area (Å²) in [5.41, 5.74) is 1.57. The van der Waals surface area contributed by atoms with Crippen molar-refractivity contribution in [1.29, 1.82) is 0 Å². The highest BCUT2D eigenvalue weighted by Gasteiger charge is 2.28. The molecule has 0 bridgehead atoms. The van der Waals surface area contributed by atoms with E-state index in [1.54, 1.807) is 24.3 Å². The fourth-order valence-corrected chi connectivity index (χ4v) is 2.54. The van der Waals surface area contributed by atoms with E-state index in [4.69, 9.17) is 9.47 Å². The number of benzene rings is 2. The number of carbonyl (C=O) groups excluding carboxylic acids is 2. The molecule has 5 heteroatoms. The van der Waals surface area contributed by atoms with Gasteiger partial charge in [0, 0.05) is 6.07 Å². The predicted molar refractivity (Wildman–Crippen MR) is 78.8 cm³/mol. The van der Waals surface area contributed by atoms with Gasteiger partial charge in [0.1, 0.15) is 23.4 Å². The summed E-state index contributed by atoms with van der Waals surface area (Å²) in [6, 6.07) is 9.51. The molecule has 5 nitrogen and oxygen atoms in total. The minimum Gasteiger partial charge on any atom is -0.508 e. The smallest absolute Gasteiger partial charge is 0.170 e. The van der Waals surface area contributed by atoms with Gasteiger partial charge in [-0.1, -0.05) is 6.07 Å². The molecule has 1 heterocycles. The first-order valence-electron chi connectivity index (χ1n) is 6.78. The summed E-state index contributed by atoms with van der Waals surface area (Å²) >= 11 is 0. The van der Waals surface area contributed by atoms with Crippen LogP contribution in [0.1, 0.15) is 38.8 Å². The lowest BCUT2D eigenvalue weighted by atomic mass is 9.95. The minimum absolute atomic E-state index is 0.0375. The summed E-state index contributed by atoms with van der Waals surface area (Å²) < 4.78 is 10.9. The molecule has 0 amide bonds. The highest BCUT2D eigenvalue weighted by atomic mass is 16.5. The van der Waals surface area contributed by atoms with Crippen molar-refractivity contribution in [2.75, 3.05) is 7.11 Å². The Morgan fingerprint density at radius 3 is 2.82 bits per heavy atom. The molecule has 1 unspecified atom stereocenters. The number of methoxy groups -OCH3 is 1. The van der Waals surface area contributed by atoms with Crippen LogP contribution in [0.5, 0.6) is 17.2 Å². The van der Waals surface area contributed by atoms with Gasteiger partial charge in [0.25, 0.3) is 0 Å². The third-order valence-electron chi connectivity index (χ3n) is 3.66. The van der Waals surface area contributed by atoms with Gasteiger partial charge in [-0.05, 0) is 29.8 Å². The number of rotatable bonds is 3. The predicted octanol–water partition coefficient (Wildman–Crippen LogP) is 2.92. The molecule has 3 rings (SSSR count). The first-order chi connectivity index (χ1) is 10.6. The van der Waals surface area contributed by atoms with Crippen LogP contribution in [0, 0.1) is 0 Å². The van der Waals surface area contributed by atoms with Crippen molar-refractivity contribution in [3.63, 3.8) is 0 Å². The summed E-state index contributed by atoms with van der Waals surface area (Å²) in [5.74, 6) is 0.800. The second-order valence-corrected chi connectivity index (χ2v) is 5.03. The van der Waals surface area contributed by atoms with E-state index in [0.717, 1.165) is 0 Å². The van der Waals surface area contributed by atoms with Gasteiger partial charge in [0.2, 0.25) is 0 Å². The zero-order valence-electron chi connectivity index (χ0n) is 11.9. The van der Waals surface area contributed by atoms with Crippen LogP contribution in [-0.2, 0) is 0 Å². The Hall–Kier alpha value is -2.82. The van der Waals surface area contributed by atoms with Gasteiger partial charge >= 0.3 is 0 Å². The topological polar surface area (TPSA) is 72.8 Å². The summed E-state index contributed by atoms with van der Waals surface area (Å²) in [6.07, 6.45) is 0.390. The fraction of sp³-hybridized carbons (Fsp3) is 0.176. The summed E-state index contributed by atoms with van der Waals surface area (Å²) in [6.45, 7) is 0. The van der Waals surface area contributed by atoms with Crippen LogP contribution in [-0.4, -0.2) is 24.3 Å². The number of aromatic hydroxyl groups is 1. The van der Waals surface area contributed by atoms with Gasteiger partial charge in [0.05, 0.1) is 24.7 Å². The Morgan fingerprint density at radius 2 is 2.09 bits per heavy atom. The van der Waals surface area contributed by atoms with Crippen molar-refractivity contribution in [1.82, 2.24) is 0 Å². The SMILES string of the molecule is COc1ccc(C2CC(=O)c3ccc(O)cc3O2)cc1C=O. The van der Waals surface area contributed by atoms with Crippen molar-refractivity contribution in [3.05, 3.63) is 53.1 Å². The lowest BCUT2D eigenvalue weighted by Crippen LogP contribution is -2.20. The van der Waals surface area contributed by atoms with E-state index >= 15 is 0 Å². The molecule has 0 aromatic heterocycles. The van der Waals surface area contributed by atoms with E-state index < -0.39 is 6.10 Å². The van der Waals surface area contributed by atoms with Crippen molar-refractivity contribution in [2.45, 2.75) is 12.5 Å². The van der Waals surface area contributed by atoms with Gasteiger partial charge in [-0.25, -0.2) is 0 Å². The molecule has 112 valence electrons. The first kappa shape index (κ1) is 14.1. The number of Topliss-reactive ketones (excluding diaryl/α,β-unsaturated/α-hetero) is 1. The molecule has 0 saturated heterocycles. The molecular formula is C17H14O5. The molecule has 1 aliphatic heterocycles. The average molecular weight is 298 g/mol. The molecule has 1 N–H and O–H groups in total. The van der Waals surface area contributed by atoms with Crippen LogP contribution < -0.4 is 9.47 Å². The summed E-state index contributed by atoms with van der Waals surface area (Å²) in [4.78, 5) is 23.3. The standard InChI is InChI=1S/C17H14O5/c1-21-15-5-2-10(6-11(15)9-18)16-8-14(20)13-4-3-12(19)7-17(13)22-16/h2-7,9,16,19H,8H2,1H3. The normalized spacial score (nSPS) is 16.6. The minimum atomic E-state index is -0.494. The lowest BCUT2D eigenvalue weighted by molar-refractivity contribution is 0.0849. The largest absolute Gasteiger partial charge is 0.508 e. The zero-order chi connectivity index (χ0) is 15.7. The van der Waals surface area contributed by atoms with E-state index in [0.29, 0.717) is 34.5 Å². The molecule has 0 radical (unpaired) electrons. The maximum atomic E-state index is 12.2. The van der Waals surface area contributed by atoms with Gasteiger partial charge in [-0.15, -0.1) is 0 Å². The molecule has 0 fully saturated rings. The van der Waals surface area contributed by atoms with Crippen LogP contribution in [0.3, 0.4) is 0 Å². The Kier molecular flexibility index (Phi) is 3.55. The van der Waals surface area contributed by atoms with Gasteiger partial charge < -0.3 is 14.6 Å². The molecule has 2 aromatic rings. The third-order valence-corrected chi connectivity index (χ3v) is 3.66. The van der Waals surface area contributed by atoms with Crippen molar-refractivity contribution in [3.8, 4) is 17.2 Å². The van der Waals surface area contributed by atoms with Crippen LogP contribution in [0.15, 0.2) is 36.4 Å². The van der Waals surface area contributed by atoms with Crippen molar-refractivity contribution < 1.29 is 24.2 Å². The van der Waals surface area contributed by atoms with Crippen molar-refractivity contribution in [2.24, 2.45) is 0 Å². The molecule has 1 atom stereocenters. The number of fused-ring (bicyclic) bond motifs is 1. The number of aldehydes is 1. The van der Waals surface area contributed by atoms with Crippen LogP contribution in [0.4, 0.5) is 0 Å². The van der Waals surface area contributed by atoms with Gasteiger partial charge in [0.15, 0.2) is 12.1 Å². The molecule has 2 aromatic carbocycles. The Morgan fingerprint density at radius 1 is 1.27 bits per heavy atom. The monoisotopic (exact) mass is 298 g/mol. The molecule has 0 aliphatic carbocycles. The lowest BCUT2D eigenvalue weighted by Gasteiger charge is -2.26. The Bertz CT molecular complexity index is 751. The second-order valence-electron chi connectivity index (χ2n) is 5.03. The first-order valence-corrected chi connectivity index (χ1v) is 6.78. The summed E-state index contributed by atoms with van der Waals surface area (Å²) in [5, 5.41) is 9.53.